The number of likely N-dealkylation sites (tertiary alicyclic amines) is 1. The van der Waals surface area contributed by atoms with Crippen molar-refractivity contribution < 1.29 is 9.47 Å². The minimum Gasteiger partial charge on any atom is -0.457 e. The van der Waals surface area contributed by atoms with Gasteiger partial charge in [0.1, 0.15) is 29.9 Å². The number of nitrogens with zero attached hydrogens (tertiary/aromatic N) is 7. The van der Waals surface area contributed by atoms with Crippen molar-refractivity contribution in [1.82, 2.24) is 29.9 Å². The van der Waals surface area contributed by atoms with Gasteiger partial charge in [0.25, 0.3) is 0 Å². The Kier molecular flexibility index (Phi) is 6.56. The van der Waals surface area contributed by atoms with E-state index in [-0.39, 0.29) is 5.54 Å². The Morgan fingerprint density at radius 3 is 2.84 bits per heavy atom. The van der Waals surface area contributed by atoms with Crippen molar-refractivity contribution in [2.24, 2.45) is 15.7 Å². The number of hydrogen-bond donors (Lipinski definition) is 2. The first-order chi connectivity index (χ1) is 18.5. The third kappa shape index (κ3) is 5.00. The second kappa shape index (κ2) is 10.2. The zero-order valence-electron chi connectivity index (χ0n) is 21.8. The van der Waals surface area contributed by atoms with E-state index in [0.717, 1.165) is 79.6 Å². The molecule has 1 aromatic carbocycles. The number of aromatic nitrogens is 3. The van der Waals surface area contributed by atoms with Crippen LogP contribution in [0.15, 0.2) is 64.1 Å². The van der Waals surface area contributed by atoms with Crippen LogP contribution in [-0.2, 0) is 4.74 Å². The predicted octanol–water partition coefficient (Wildman–Crippen LogP) is 2.81. The van der Waals surface area contributed by atoms with Crippen LogP contribution >= 0.6 is 0 Å². The van der Waals surface area contributed by atoms with Crippen molar-refractivity contribution in [1.29, 1.82) is 0 Å². The Morgan fingerprint density at radius 1 is 1.16 bits per heavy atom. The summed E-state index contributed by atoms with van der Waals surface area (Å²) in [5, 5.41) is 6.27. The molecule has 0 bridgehead atoms. The highest BCUT2D eigenvalue weighted by atomic mass is 16.5. The Hall–Kier alpha value is -3.80. The highest BCUT2D eigenvalue weighted by Crippen LogP contribution is 2.32. The van der Waals surface area contributed by atoms with Gasteiger partial charge in [-0.2, -0.15) is 5.10 Å². The fraction of sp³-hybridized carbons (Fsp3) is 0.407. The quantitative estimate of drug-likeness (QED) is 0.493. The lowest BCUT2D eigenvalue weighted by atomic mass is 9.89. The average molecular weight is 516 g/mol. The van der Waals surface area contributed by atoms with Gasteiger partial charge in [0.2, 0.25) is 0 Å². The van der Waals surface area contributed by atoms with Crippen LogP contribution in [0.5, 0.6) is 11.5 Å². The summed E-state index contributed by atoms with van der Waals surface area (Å²) in [6.07, 6.45) is 7.92. The minimum absolute atomic E-state index is 0.217. The maximum Gasteiger partial charge on any atom is 0.179 e. The molecule has 0 radical (unpaired) electrons. The van der Waals surface area contributed by atoms with E-state index in [9.17, 15) is 0 Å². The molecule has 11 nitrogen and oxygen atoms in total. The van der Waals surface area contributed by atoms with E-state index in [0.29, 0.717) is 12.4 Å². The van der Waals surface area contributed by atoms with Gasteiger partial charge in [-0.05, 0) is 61.6 Å². The van der Waals surface area contributed by atoms with Gasteiger partial charge >= 0.3 is 0 Å². The number of piperidine rings is 1. The number of hydrogen-bond acceptors (Lipinski definition) is 9. The number of hydrazine groups is 1. The summed E-state index contributed by atoms with van der Waals surface area (Å²) in [4.78, 5) is 16.3. The second-order valence-corrected chi connectivity index (χ2v) is 10.2. The first kappa shape index (κ1) is 24.5. The summed E-state index contributed by atoms with van der Waals surface area (Å²) in [6, 6.07) is 9.66. The van der Waals surface area contributed by atoms with Crippen LogP contribution in [0.3, 0.4) is 0 Å². The monoisotopic (exact) mass is 515 g/mol. The largest absolute Gasteiger partial charge is 0.457 e. The standard InChI is InChI=1S/C27H33N9O2/c1-19-13-21(3-4-23(19)38-22-6-10-35-24(14-22)29-17-31-35)33-26-25-20(5-9-36(25)32-18-30-26)15-34-11-7-27(28,8-12-34)16-37-2/h3-4,6,10,13-14,17-18H,5,7-9,11-12,15-16,28H2,1-2H3,(H,30,32,33). The number of ether oxygens (including phenoxy) is 2. The SMILES string of the molecule is COCC1(N)CCN(CC2=C3C(=Nc4ccc(Oc5ccn6ncnc6c5)c(C)c4)N=CNN3CC2)CC1. The molecule has 2 aromatic heterocycles. The van der Waals surface area contributed by atoms with Gasteiger partial charge in [0.15, 0.2) is 11.5 Å². The zero-order valence-corrected chi connectivity index (χ0v) is 21.8. The molecule has 0 spiro atoms. The minimum atomic E-state index is -0.217. The molecule has 0 saturated carbocycles. The van der Waals surface area contributed by atoms with E-state index in [1.807, 2.05) is 43.5 Å². The molecule has 0 aliphatic carbocycles. The van der Waals surface area contributed by atoms with E-state index in [1.54, 1.807) is 18.0 Å². The first-order valence-electron chi connectivity index (χ1n) is 13.0. The van der Waals surface area contributed by atoms with E-state index >= 15 is 0 Å². The first-order valence-corrected chi connectivity index (χ1v) is 13.0. The Morgan fingerprint density at radius 2 is 2.03 bits per heavy atom. The molecule has 0 amide bonds. The molecule has 11 heteroatoms. The summed E-state index contributed by atoms with van der Waals surface area (Å²) in [6.45, 7) is 6.35. The number of aryl methyl sites for hydroxylation is 1. The molecule has 3 aliphatic rings. The van der Waals surface area contributed by atoms with Crippen LogP contribution in [-0.4, -0.2) is 82.1 Å². The van der Waals surface area contributed by atoms with Crippen molar-refractivity contribution in [2.75, 3.05) is 39.9 Å². The highest BCUT2D eigenvalue weighted by molar-refractivity contribution is 6.05. The molecule has 3 aromatic rings. The molecular formula is C27H33N9O2. The third-order valence-electron chi connectivity index (χ3n) is 7.43. The Balaban J connectivity index is 1.19. The van der Waals surface area contributed by atoms with Gasteiger partial charge in [-0.25, -0.2) is 19.5 Å². The number of methoxy groups -OCH3 is 1. The smallest absolute Gasteiger partial charge is 0.179 e. The van der Waals surface area contributed by atoms with Crippen LogP contribution in [0.4, 0.5) is 5.69 Å². The Bertz CT molecular complexity index is 1420. The van der Waals surface area contributed by atoms with E-state index in [1.165, 1.54) is 11.9 Å². The molecule has 6 rings (SSSR count). The lowest BCUT2D eigenvalue weighted by Gasteiger charge is -2.39. The topological polar surface area (TPSA) is 118 Å². The molecule has 5 heterocycles. The summed E-state index contributed by atoms with van der Waals surface area (Å²) in [5.74, 6) is 2.20. The van der Waals surface area contributed by atoms with Crippen molar-refractivity contribution in [2.45, 2.75) is 31.7 Å². The van der Waals surface area contributed by atoms with Crippen LogP contribution in [0.1, 0.15) is 24.8 Å². The zero-order chi connectivity index (χ0) is 26.1. The number of fused-ring (bicyclic) bond motifs is 2. The molecule has 0 unspecified atom stereocenters. The van der Waals surface area contributed by atoms with Gasteiger partial charge in [-0.3, -0.25) is 15.3 Å². The van der Waals surface area contributed by atoms with Crippen molar-refractivity contribution >= 4 is 23.5 Å². The van der Waals surface area contributed by atoms with Crippen LogP contribution in [0.2, 0.25) is 0 Å². The summed E-state index contributed by atoms with van der Waals surface area (Å²) in [7, 11) is 1.72. The molecule has 1 saturated heterocycles. The fourth-order valence-corrected chi connectivity index (χ4v) is 5.32. The molecular weight excluding hydrogens is 482 g/mol. The van der Waals surface area contributed by atoms with Crippen LogP contribution in [0, 0.1) is 6.92 Å². The van der Waals surface area contributed by atoms with Crippen molar-refractivity contribution in [3.05, 3.63) is 59.7 Å². The summed E-state index contributed by atoms with van der Waals surface area (Å²) >= 11 is 0. The van der Waals surface area contributed by atoms with Crippen LogP contribution < -0.4 is 15.9 Å². The molecule has 3 N–H and O–H groups in total. The molecule has 38 heavy (non-hydrogen) atoms. The molecule has 1 fully saturated rings. The predicted molar refractivity (Wildman–Crippen MR) is 146 cm³/mol. The van der Waals surface area contributed by atoms with Gasteiger partial charge in [-0.1, -0.05) is 0 Å². The molecule has 0 atom stereocenters. The highest BCUT2D eigenvalue weighted by Gasteiger charge is 2.33. The average Bonchev–Trinajstić information content (AvgIpc) is 3.55. The Labute approximate surface area is 221 Å². The lowest BCUT2D eigenvalue weighted by molar-refractivity contribution is 0.0804. The number of rotatable bonds is 7. The fourth-order valence-electron chi connectivity index (χ4n) is 5.32. The summed E-state index contributed by atoms with van der Waals surface area (Å²) < 4.78 is 13.2. The number of nitrogens with one attached hydrogen (secondary N) is 1. The van der Waals surface area contributed by atoms with E-state index < -0.39 is 0 Å². The maximum atomic E-state index is 6.50. The number of pyridine rings is 1. The van der Waals surface area contributed by atoms with Crippen molar-refractivity contribution in [3.8, 4) is 11.5 Å². The van der Waals surface area contributed by atoms with Gasteiger partial charge < -0.3 is 15.2 Å². The number of aliphatic imine (C=N–C) groups is 2. The van der Waals surface area contributed by atoms with E-state index in [2.05, 4.69) is 30.4 Å². The van der Waals surface area contributed by atoms with Crippen LogP contribution in [0.25, 0.3) is 5.65 Å². The summed E-state index contributed by atoms with van der Waals surface area (Å²) in [5.41, 5.74) is 14.5. The number of benzene rings is 1. The van der Waals surface area contributed by atoms with Gasteiger partial charge in [0.05, 0.1) is 12.3 Å². The normalized spacial score (nSPS) is 20.3. The molecule has 198 valence electrons. The van der Waals surface area contributed by atoms with Gasteiger partial charge in [0, 0.05) is 51.1 Å². The number of nitrogens with two attached hydrogens (primary N) is 1. The van der Waals surface area contributed by atoms with Crippen molar-refractivity contribution in [3.63, 3.8) is 0 Å². The maximum absolute atomic E-state index is 6.50. The second-order valence-electron chi connectivity index (χ2n) is 10.2. The molecule has 3 aliphatic heterocycles. The van der Waals surface area contributed by atoms with Gasteiger partial charge in [-0.15, -0.1) is 0 Å². The van der Waals surface area contributed by atoms with E-state index in [4.69, 9.17) is 20.2 Å². The lowest BCUT2D eigenvalue weighted by Crippen LogP contribution is -2.53. The number of amidine groups is 1. The third-order valence-corrected chi connectivity index (χ3v) is 7.43.